The van der Waals surface area contributed by atoms with Gasteiger partial charge in [-0.2, -0.15) is 5.10 Å². The van der Waals surface area contributed by atoms with Crippen LogP contribution in [0.2, 0.25) is 0 Å². The molecule has 1 amide bonds. The summed E-state index contributed by atoms with van der Waals surface area (Å²) in [7, 11) is 0. The summed E-state index contributed by atoms with van der Waals surface area (Å²) in [5, 5.41) is 8.34. The maximum absolute atomic E-state index is 13.7. The number of carbonyl (C=O) groups excluding carboxylic acids is 1. The van der Waals surface area contributed by atoms with Crippen LogP contribution >= 0.6 is 0 Å². The lowest BCUT2D eigenvalue weighted by molar-refractivity contribution is 0.0605. The molecule has 1 aromatic carbocycles. The molecule has 0 radical (unpaired) electrons. The summed E-state index contributed by atoms with van der Waals surface area (Å²) >= 11 is 0. The normalized spacial score (nSPS) is 21.1. The zero-order valence-electron chi connectivity index (χ0n) is 22.5. The van der Waals surface area contributed by atoms with E-state index < -0.39 is 0 Å². The Morgan fingerprint density at radius 1 is 1.16 bits per heavy atom. The number of nitrogens with one attached hydrogen (secondary N) is 1. The molecule has 3 N–H and O–H groups in total. The lowest BCUT2D eigenvalue weighted by Gasteiger charge is -2.35. The van der Waals surface area contributed by atoms with Crippen LogP contribution < -0.4 is 16.0 Å². The summed E-state index contributed by atoms with van der Waals surface area (Å²) in [4.78, 5) is 22.9. The Morgan fingerprint density at radius 2 is 1.97 bits per heavy atom. The summed E-state index contributed by atoms with van der Waals surface area (Å²) in [5.74, 6) is 1.54. The van der Waals surface area contributed by atoms with Gasteiger partial charge in [0.1, 0.15) is 5.82 Å². The minimum Gasteiger partial charge on any atom is -0.355 e. The summed E-state index contributed by atoms with van der Waals surface area (Å²) in [6.45, 7) is 10.9. The fourth-order valence-corrected chi connectivity index (χ4v) is 5.84. The number of amides is 1. The minimum absolute atomic E-state index is 0.0382. The molecule has 4 heterocycles. The number of piperidine rings is 1. The third-order valence-corrected chi connectivity index (χ3v) is 8.02. The monoisotopic (exact) mass is 503 g/mol. The Hall–Kier alpha value is -2.97. The predicted molar refractivity (Wildman–Crippen MR) is 148 cm³/mol. The van der Waals surface area contributed by atoms with Crippen molar-refractivity contribution >= 4 is 17.4 Å². The molecule has 5 rings (SSSR count). The fraction of sp³-hybridized carbons (Fsp3) is 0.552. The molecular formula is C29H41N7O. The van der Waals surface area contributed by atoms with Crippen LogP contribution in [0.15, 0.2) is 36.5 Å². The number of aromatic nitrogens is 3. The lowest BCUT2D eigenvalue weighted by atomic mass is 9.94. The van der Waals surface area contributed by atoms with Gasteiger partial charge >= 0.3 is 0 Å². The predicted octanol–water partition coefficient (Wildman–Crippen LogP) is 4.05. The van der Waals surface area contributed by atoms with Gasteiger partial charge in [-0.15, -0.1) is 0 Å². The molecule has 0 bridgehead atoms. The van der Waals surface area contributed by atoms with E-state index in [2.05, 4.69) is 55.4 Å². The van der Waals surface area contributed by atoms with Crippen molar-refractivity contribution in [1.29, 1.82) is 0 Å². The van der Waals surface area contributed by atoms with E-state index in [0.29, 0.717) is 5.92 Å². The van der Waals surface area contributed by atoms with E-state index in [1.54, 1.807) is 0 Å². The van der Waals surface area contributed by atoms with Gasteiger partial charge in [0.05, 0.1) is 11.7 Å². The maximum atomic E-state index is 13.7. The number of carbonyl (C=O) groups is 1. The summed E-state index contributed by atoms with van der Waals surface area (Å²) in [6.07, 6.45) is 7.14. The number of aryl methyl sites for hydroxylation is 1. The Morgan fingerprint density at radius 3 is 2.68 bits per heavy atom. The highest BCUT2D eigenvalue weighted by molar-refractivity contribution is 5.94. The van der Waals surface area contributed by atoms with Crippen LogP contribution in [0.3, 0.4) is 0 Å². The highest BCUT2D eigenvalue weighted by atomic mass is 16.2. The highest BCUT2D eigenvalue weighted by Crippen LogP contribution is 2.33. The number of nitrogens with zero attached hydrogens (tertiary/aromatic N) is 5. The molecular weight excluding hydrogens is 462 g/mol. The number of rotatable bonds is 8. The summed E-state index contributed by atoms with van der Waals surface area (Å²) in [5.41, 5.74) is 11.0. The second kappa shape index (κ2) is 11.2. The molecule has 2 aromatic heterocycles. The molecule has 2 aliphatic rings. The van der Waals surface area contributed by atoms with E-state index >= 15 is 0 Å². The molecule has 3 aromatic rings. The molecule has 3 atom stereocenters. The molecule has 3 unspecified atom stereocenters. The number of benzene rings is 1. The zero-order chi connectivity index (χ0) is 25.9. The Bertz CT molecular complexity index is 1220. The molecule has 198 valence electrons. The van der Waals surface area contributed by atoms with E-state index in [0.717, 1.165) is 93.1 Å². The number of anilines is 1. The van der Waals surface area contributed by atoms with E-state index in [9.17, 15) is 4.79 Å². The first-order valence-corrected chi connectivity index (χ1v) is 14.0. The lowest BCUT2D eigenvalue weighted by Crippen LogP contribution is -2.38. The molecule has 8 heteroatoms. The van der Waals surface area contributed by atoms with Crippen molar-refractivity contribution in [2.24, 2.45) is 5.73 Å². The van der Waals surface area contributed by atoms with Crippen LogP contribution in [0.25, 0.3) is 5.65 Å². The molecule has 8 nitrogen and oxygen atoms in total. The number of fused-ring (bicyclic) bond motifs is 1. The van der Waals surface area contributed by atoms with Crippen molar-refractivity contribution in [3.05, 3.63) is 58.9 Å². The van der Waals surface area contributed by atoms with Crippen molar-refractivity contribution < 1.29 is 4.79 Å². The van der Waals surface area contributed by atoms with Crippen LogP contribution in [0.5, 0.6) is 0 Å². The van der Waals surface area contributed by atoms with Crippen LogP contribution in [0.1, 0.15) is 85.1 Å². The molecule has 2 saturated heterocycles. The number of hydrogen-bond acceptors (Lipinski definition) is 6. The van der Waals surface area contributed by atoms with Gasteiger partial charge in [0.25, 0.3) is 5.91 Å². The second-order valence-electron chi connectivity index (χ2n) is 10.7. The summed E-state index contributed by atoms with van der Waals surface area (Å²) < 4.78 is 1.87. The van der Waals surface area contributed by atoms with Crippen molar-refractivity contribution in [3.63, 3.8) is 0 Å². The Kier molecular flexibility index (Phi) is 7.76. The number of nitrogens with two attached hydrogens (primary N) is 1. The van der Waals surface area contributed by atoms with E-state index in [1.165, 1.54) is 5.56 Å². The first-order valence-electron chi connectivity index (χ1n) is 14.0. The molecule has 2 aliphatic heterocycles. The Balaban J connectivity index is 1.37. The molecule has 0 aliphatic carbocycles. The third-order valence-electron chi connectivity index (χ3n) is 8.02. The summed E-state index contributed by atoms with van der Waals surface area (Å²) in [6, 6.07) is 10.5. The topological polar surface area (TPSA) is 91.8 Å². The fourth-order valence-electron chi connectivity index (χ4n) is 5.84. The third kappa shape index (κ3) is 5.36. The van der Waals surface area contributed by atoms with Crippen LogP contribution in [-0.4, -0.2) is 64.2 Å². The van der Waals surface area contributed by atoms with Gasteiger partial charge in [-0.1, -0.05) is 26.0 Å². The number of likely N-dealkylation sites (tertiary alicyclic amines) is 1. The second-order valence-corrected chi connectivity index (χ2v) is 10.7. The number of likely N-dealkylation sites (N-methyl/N-ethyl adjacent to an activating group) is 1. The standard InChI is InChI=1S/C29H41N7O/c1-4-21(17-31-5-2)22-9-11-23(12-10-22)29(37)35-14-7-6-8-26(35)25-16-27-32-28(20(3)18-36(27)33-25)34-15-13-24(30)19-34/h9-12,16,18,21,24,26,31H,4-8,13-15,17,19,30H2,1-3H3. The van der Waals surface area contributed by atoms with Crippen molar-refractivity contribution in [2.45, 2.75) is 70.9 Å². The SMILES string of the molecule is CCNCC(CC)c1ccc(C(=O)N2CCCCC2c2cc3nc(N4CCC(N)C4)c(C)cn3n2)cc1. The molecule has 2 fully saturated rings. The van der Waals surface area contributed by atoms with Crippen LogP contribution in [0, 0.1) is 6.92 Å². The minimum atomic E-state index is -0.0382. The molecule has 37 heavy (non-hydrogen) atoms. The van der Waals surface area contributed by atoms with Crippen molar-refractivity contribution in [2.75, 3.05) is 37.6 Å². The van der Waals surface area contributed by atoms with Gasteiger partial charge in [0, 0.05) is 55.6 Å². The maximum Gasteiger partial charge on any atom is 0.254 e. The van der Waals surface area contributed by atoms with Crippen LogP contribution in [0.4, 0.5) is 5.82 Å². The van der Waals surface area contributed by atoms with Gasteiger partial charge in [0.15, 0.2) is 5.65 Å². The van der Waals surface area contributed by atoms with Crippen LogP contribution in [-0.2, 0) is 0 Å². The first kappa shape index (κ1) is 25.7. The highest BCUT2D eigenvalue weighted by Gasteiger charge is 2.31. The Labute approximate surface area is 220 Å². The quantitative estimate of drug-likeness (QED) is 0.482. The largest absolute Gasteiger partial charge is 0.355 e. The van der Waals surface area contributed by atoms with Crippen molar-refractivity contribution in [3.8, 4) is 0 Å². The number of hydrogen-bond donors (Lipinski definition) is 2. The molecule has 0 spiro atoms. The van der Waals surface area contributed by atoms with Gasteiger partial charge in [0.2, 0.25) is 0 Å². The first-order chi connectivity index (χ1) is 18.0. The zero-order valence-corrected chi connectivity index (χ0v) is 22.5. The van der Waals surface area contributed by atoms with E-state index in [-0.39, 0.29) is 18.0 Å². The smallest absolute Gasteiger partial charge is 0.254 e. The van der Waals surface area contributed by atoms with Gasteiger partial charge in [-0.05, 0) is 69.2 Å². The van der Waals surface area contributed by atoms with Gasteiger partial charge in [-0.25, -0.2) is 9.50 Å². The van der Waals surface area contributed by atoms with Crippen molar-refractivity contribution in [1.82, 2.24) is 24.8 Å². The van der Waals surface area contributed by atoms with E-state index in [4.69, 9.17) is 15.8 Å². The van der Waals surface area contributed by atoms with Gasteiger partial charge < -0.3 is 20.9 Å². The van der Waals surface area contributed by atoms with E-state index in [1.807, 2.05) is 21.5 Å². The van der Waals surface area contributed by atoms with Gasteiger partial charge in [-0.3, -0.25) is 4.79 Å². The average Bonchev–Trinajstić information content (AvgIpc) is 3.54. The average molecular weight is 504 g/mol. The molecule has 0 saturated carbocycles.